The van der Waals surface area contributed by atoms with Crippen molar-refractivity contribution >= 4 is 5.52 Å². The van der Waals surface area contributed by atoms with E-state index in [1.54, 1.807) is 6.07 Å². The molecular formula is C16H12N2O. The normalized spacial score (nSPS) is 10.5. The minimum absolute atomic E-state index is 0.0449. The first-order valence-electron chi connectivity index (χ1n) is 6.04. The van der Waals surface area contributed by atoms with Crippen molar-refractivity contribution < 1.29 is 5.11 Å². The van der Waals surface area contributed by atoms with Crippen molar-refractivity contribution in [3.8, 4) is 17.3 Å². The minimum atomic E-state index is -0.0449. The Labute approximate surface area is 111 Å². The quantitative estimate of drug-likeness (QED) is 0.758. The van der Waals surface area contributed by atoms with Crippen LogP contribution in [0.3, 0.4) is 0 Å². The lowest BCUT2D eigenvalue weighted by molar-refractivity contribution is 0.282. The second kappa shape index (κ2) is 4.60. The van der Waals surface area contributed by atoms with Gasteiger partial charge in [-0.2, -0.15) is 5.26 Å². The molecule has 1 N–H and O–H groups in total. The Morgan fingerprint density at radius 2 is 1.89 bits per heavy atom. The van der Waals surface area contributed by atoms with Crippen LogP contribution in [0, 0.1) is 11.3 Å². The number of benzene rings is 1. The average Bonchev–Trinajstić information content (AvgIpc) is 2.85. The first-order valence-corrected chi connectivity index (χ1v) is 6.04. The van der Waals surface area contributed by atoms with Crippen LogP contribution in [0.2, 0.25) is 0 Å². The van der Waals surface area contributed by atoms with Crippen LogP contribution in [-0.4, -0.2) is 9.51 Å². The van der Waals surface area contributed by atoms with Gasteiger partial charge < -0.3 is 9.51 Å². The highest BCUT2D eigenvalue weighted by Gasteiger charge is 2.14. The molecule has 0 saturated heterocycles. The monoisotopic (exact) mass is 248 g/mol. The molecule has 0 amide bonds. The Kier molecular flexibility index (Phi) is 2.79. The van der Waals surface area contributed by atoms with Crippen LogP contribution in [0.5, 0.6) is 0 Å². The summed E-state index contributed by atoms with van der Waals surface area (Å²) < 4.78 is 2.00. The molecule has 19 heavy (non-hydrogen) atoms. The van der Waals surface area contributed by atoms with E-state index in [9.17, 15) is 10.4 Å². The summed E-state index contributed by atoms with van der Waals surface area (Å²) in [5.74, 6) is 0. The fraction of sp³-hybridized carbons (Fsp3) is 0.0625. The van der Waals surface area contributed by atoms with Gasteiger partial charge in [0.2, 0.25) is 0 Å². The van der Waals surface area contributed by atoms with Crippen LogP contribution < -0.4 is 0 Å². The van der Waals surface area contributed by atoms with Gasteiger partial charge in [0, 0.05) is 22.8 Å². The van der Waals surface area contributed by atoms with Crippen LogP contribution in [-0.2, 0) is 6.61 Å². The number of aromatic nitrogens is 1. The van der Waals surface area contributed by atoms with Gasteiger partial charge in [0.25, 0.3) is 0 Å². The number of aliphatic hydroxyl groups is 1. The zero-order chi connectivity index (χ0) is 13.2. The number of hydrogen-bond acceptors (Lipinski definition) is 2. The lowest BCUT2D eigenvalue weighted by Crippen LogP contribution is -1.93. The number of pyridine rings is 1. The fourth-order valence-corrected chi connectivity index (χ4v) is 2.39. The highest BCUT2D eigenvalue weighted by molar-refractivity contribution is 5.75. The van der Waals surface area contributed by atoms with Gasteiger partial charge in [-0.25, -0.2) is 0 Å². The Balaban J connectivity index is 2.39. The molecule has 3 nitrogen and oxygen atoms in total. The standard InChI is InChI=1S/C16H12N2O/c17-10-12-5-1-2-7-15(12)16-13(11-19)9-14-6-3-4-8-18(14)16/h1-9,19H,11H2. The van der Waals surface area contributed by atoms with Crippen LogP contribution in [0.15, 0.2) is 54.7 Å². The highest BCUT2D eigenvalue weighted by Crippen LogP contribution is 2.30. The zero-order valence-corrected chi connectivity index (χ0v) is 10.2. The molecule has 3 rings (SSSR count). The molecule has 0 saturated carbocycles. The van der Waals surface area contributed by atoms with Gasteiger partial charge in [0.05, 0.1) is 23.9 Å². The summed E-state index contributed by atoms with van der Waals surface area (Å²) in [4.78, 5) is 0. The summed E-state index contributed by atoms with van der Waals surface area (Å²) in [6.07, 6.45) is 1.94. The van der Waals surface area contributed by atoms with Gasteiger partial charge in [0.1, 0.15) is 0 Å². The molecule has 0 fully saturated rings. The largest absolute Gasteiger partial charge is 0.392 e. The van der Waals surface area contributed by atoms with Crippen LogP contribution in [0.4, 0.5) is 0 Å². The predicted octanol–water partition coefficient (Wildman–Crippen LogP) is 2.97. The lowest BCUT2D eigenvalue weighted by atomic mass is 10.0. The summed E-state index contributed by atoms with van der Waals surface area (Å²) in [6.45, 7) is -0.0449. The summed E-state index contributed by atoms with van der Waals surface area (Å²) in [5, 5.41) is 18.8. The molecule has 0 spiro atoms. The minimum Gasteiger partial charge on any atom is -0.392 e. The van der Waals surface area contributed by atoms with E-state index in [2.05, 4.69) is 6.07 Å². The molecule has 2 heterocycles. The average molecular weight is 248 g/mol. The van der Waals surface area contributed by atoms with Crippen LogP contribution >= 0.6 is 0 Å². The number of hydrogen-bond donors (Lipinski definition) is 1. The van der Waals surface area contributed by atoms with Crippen molar-refractivity contribution in [2.75, 3.05) is 0 Å². The van der Waals surface area contributed by atoms with Gasteiger partial charge >= 0.3 is 0 Å². The van der Waals surface area contributed by atoms with Crippen molar-refractivity contribution in [1.29, 1.82) is 5.26 Å². The molecule has 0 radical (unpaired) electrons. The Morgan fingerprint density at radius 3 is 2.68 bits per heavy atom. The van der Waals surface area contributed by atoms with Crippen molar-refractivity contribution in [2.24, 2.45) is 0 Å². The first-order chi connectivity index (χ1) is 9.35. The van der Waals surface area contributed by atoms with Crippen molar-refractivity contribution in [2.45, 2.75) is 6.61 Å². The molecule has 0 aliphatic rings. The first kappa shape index (κ1) is 11.5. The summed E-state index contributed by atoms with van der Waals surface area (Å²) in [7, 11) is 0. The summed E-state index contributed by atoms with van der Waals surface area (Å²) >= 11 is 0. The molecule has 2 aromatic heterocycles. The summed E-state index contributed by atoms with van der Waals surface area (Å²) in [5.41, 5.74) is 4.18. The predicted molar refractivity (Wildman–Crippen MR) is 73.5 cm³/mol. The van der Waals surface area contributed by atoms with Gasteiger partial charge in [0.15, 0.2) is 0 Å². The number of nitriles is 1. The van der Waals surface area contributed by atoms with E-state index in [4.69, 9.17) is 0 Å². The third-order valence-electron chi connectivity index (χ3n) is 3.23. The van der Waals surface area contributed by atoms with E-state index in [0.29, 0.717) is 5.56 Å². The van der Waals surface area contributed by atoms with Gasteiger partial charge in [-0.1, -0.05) is 24.3 Å². The van der Waals surface area contributed by atoms with Crippen LogP contribution in [0.1, 0.15) is 11.1 Å². The molecule has 0 unspecified atom stereocenters. The maximum absolute atomic E-state index is 9.55. The molecule has 0 aliphatic heterocycles. The number of rotatable bonds is 2. The molecule has 3 heteroatoms. The Bertz CT molecular complexity index is 781. The highest BCUT2D eigenvalue weighted by atomic mass is 16.3. The van der Waals surface area contributed by atoms with Crippen molar-refractivity contribution in [3.63, 3.8) is 0 Å². The molecule has 0 bridgehead atoms. The smallest absolute Gasteiger partial charge is 0.0998 e. The van der Waals surface area contributed by atoms with E-state index in [-0.39, 0.29) is 6.61 Å². The van der Waals surface area contributed by atoms with E-state index < -0.39 is 0 Å². The summed E-state index contributed by atoms with van der Waals surface area (Å²) in [6, 6.07) is 17.5. The Hall–Kier alpha value is -2.57. The van der Waals surface area contributed by atoms with E-state index in [1.165, 1.54) is 0 Å². The van der Waals surface area contributed by atoms with Gasteiger partial charge in [-0.05, 0) is 24.3 Å². The SMILES string of the molecule is N#Cc1ccccc1-c1c(CO)cc2ccccn12. The third kappa shape index (κ3) is 1.79. The molecule has 92 valence electrons. The van der Waals surface area contributed by atoms with Crippen molar-refractivity contribution in [3.05, 3.63) is 65.9 Å². The lowest BCUT2D eigenvalue weighted by Gasteiger charge is -2.07. The maximum Gasteiger partial charge on any atom is 0.0998 e. The molecule has 0 atom stereocenters. The van der Waals surface area contributed by atoms with Gasteiger partial charge in [-0.3, -0.25) is 0 Å². The second-order valence-electron chi connectivity index (χ2n) is 4.33. The fourth-order valence-electron chi connectivity index (χ4n) is 2.39. The van der Waals surface area contributed by atoms with Crippen LogP contribution in [0.25, 0.3) is 16.8 Å². The second-order valence-corrected chi connectivity index (χ2v) is 4.33. The molecular weight excluding hydrogens is 236 g/mol. The number of fused-ring (bicyclic) bond motifs is 1. The number of nitrogens with zero attached hydrogens (tertiary/aromatic N) is 2. The number of aliphatic hydroxyl groups excluding tert-OH is 1. The van der Waals surface area contributed by atoms with Gasteiger partial charge in [-0.15, -0.1) is 0 Å². The molecule has 3 aromatic rings. The topological polar surface area (TPSA) is 48.4 Å². The molecule has 1 aromatic carbocycles. The maximum atomic E-state index is 9.55. The van der Waals surface area contributed by atoms with E-state index >= 15 is 0 Å². The molecule has 0 aliphatic carbocycles. The third-order valence-corrected chi connectivity index (χ3v) is 3.23. The van der Waals surface area contributed by atoms with E-state index in [0.717, 1.165) is 22.3 Å². The zero-order valence-electron chi connectivity index (χ0n) is 10.2. The van der Waals surface area contributed by atoms with Crippen molar-refractivity contribution in [1.82, 2.24) is 4.40 Å². The Morgan fingerprint density at radius 1 is 1.11 bits per heavy atom. The van der Waals surface area contributed by atoms with E-state index in [1.807, 2.05) is 53.1 Å².